The van der Waals surface area contributed by atoms with E-state index < -0.39 is 0 Å². The monoisotopic (exact) mass is 438 g/mol. The number of rotatable bonds is 11. The van der Waals surface area contributed by atoms with Gasteiger partial charge in [-0.25, -0.2) is 0 Å². The lowest BCUT2D eigenvalue weighted by Gasteiger charge is -2.25. The van der Waals surface area contributed by atoms with Gasteiger partial charge in [0.15, 0.2) is 0 Å². The van der Waals surface area contributed by atoms with Crippen LogP contribution in [-0.2, 0) is 11.2 Å². The standard InChI is InChI=1S/C24H30N4O4/c1-5-31-19-11-9-17(10-12-19)24-26-23(32-27-24)14-13-22(29)25-16-21(28(2)3)18-7-6-8-20(15-18)30-4/h6-12,15,21H,5,13-14,16H2,1-4H3,(H,25,29). The Balaban J connectivity index is 1.52. The molecule has 1 N–H and O–H groups in total. The maximum absolute atomic E-state index is 12.4. The van der Waals surface area contributed by atoms with Crippen LogP contribution in [-0.4, -0.2) is 55.3 Å². The number of aryl methyl sites for hydroxylation is 1. The van der Waals surface area contributed by atoms with Crippen LogP contribution in [0.15, 0.2) is 53.1 Å². The van der Waals surface area contributed by atoms with Crippen molar-refractivity contribution in [2.45, 2.75) is 25.8 Å². The van der Waals surface area contributed by atoms with E-state index in [1.807, 2.05) is 69.6 Å². The lowest BCUT2D eigenvalue weighted by atomic mass is 10.1. The van der Waals surface area contributed by atoms with Gasteiger partial charge in [-0.3, -0.25) is 4.79 Å². The van der Waals surface area contributed by atoms with Crippen molar-refractivity contribution in [1.29, 1.82) is 0 Å². The Labute approximate surface area is 188 Å². The highest BCUT2D eigenvalue weighted by atomic mass is 16.5. The lowest BCUT2D eigenvalue weighted by molar-refractivity contribution is -0.121. The molecular weight excluding hydrogens is 408 g/mol. The summed E-state index contributed by atoms with van der Waals surface area (Å²) < 4.78 is 16.1. The molecule has 0 fully saturated rings. The molecule has 0 aliphatic carbocycles. The molecule has 1 amide bonds. The maximum atomic E-state index is 12.4. The number of ether oxygens (including phenoxy) is 2. The third kappa shape index (κ3) is 6.31. The highest BCUT2D eigenvalue weighted by Gasteiger charge is 2.17. The fourth-order valence-corrected chi connectivity index (χ4v) is 3.31. The van der Waals surface area contributed by atoms with Crippen molar-refractivity contribution >= 4 is 5.91 Å². The van der Waals surface area contributed by atoms with Crippen LogP contribution in [0.3, 0.4) is 0 Å². The number of hydrogen-bond acceptors (Lipinski definition) is 7. The highest BCUT2D eigenvalue weighted by molar-refractivity contribution is 5.76. The number of carbonyl (C=O) groups is 1. The van der Waals surface area contributed by atoms with E-state index in [-0.39, 0.29) is 18.4 Å². The van der Waals surface area contributed by atoms with Crippen molar-refractivity contribution in [1.82, 2.24) is 20.4 Å². The Hall–Kier alpha value is -3.39. The average molecular weight is 439 g/mol. The first-order valence-electron chi connectivity index (χ1n) is 10.6. The summed E-state index contributed by atoms with van der Waals surface area (Å²) in [6.45, 7) is 3.04. The SMILES string of the molecule is CCOc1ccc(-c2noc(CCC(=O)NCC(c3cccc(OC)c3)N(C)C)n2)cc1. The zero-order chi connectivity index (χ0) is 22.9. The lowest BCUT2D eigenvalue weighted by Crippen LogP contribution is -2.34. The van der Waals surface area contributed by atoms with Gasteiger partial charge in [-0.15, -0.1) is 0 Å². The van der Waals surface area contributed by atoms with Gasteiger partial charge in [0.05, 0.1) is 19.8 Å². The fraction of sp³-hybridized carbons (Fsp3) is 0.375. The van der Waals surface area contributed by atoms with E-state index >= 15 is 0 Å². The Morgan fingerprint density at radius 1 is 1.16 bits per heavy atom. The molecular formula is C24H30N4O4. The van der Waals surface area contributed by atoms with Gasteiger partial charge in [0.25, 0.3) is 0 Å². The van der Waals surface area contributed by atoms with E-state index in [4.69, 9.17) is 14.0 Å². The Kier molecular flexibility index (Phi) is 8.21. The fourth-order valence-electron chi connectivity index (χ4n) is 3.31. The molecule has 0 saturated carbocycles. The van der Waals surface area contributed by atoms with Crippen molar-refractivity contribution in [2.75, 3.05) is 34.4 Å². The molecule has 8 nitrogen and oxygen atoms in total. The molecule has 1 atom stereocenters. The minimum Gasteiger partial charge on any atom is -0.497 e. The molecule has 0 aliphatic rings. The predicted octanol–water partition coefficient (Wildman–Crippen LogP) is 3.50. The number of aromatic nitrogens is 2. The predicted molar refractivity (Wildman–Crippen MR) is 122 cm³/mol. The van der Waals surface area contributed by atoms with Crippen molar-refractivity contribution in [3.8, 4) is 22.9 Å². The first kappa shape index (κ1) is 23.3. The molecule has 1 heterocycles. The first-order valence-corrected chi connectivity index (χ1v) is 10.6. The van der Waals surface area contributed by atoms with Gasteiger partial charge in [0.1, 0.15) is 11.5 Å². The number of likely N-dealkylation sites (N-methyl/N-ethyl adjacent to an activating group) is 1. The van der Waals surface area contributed by atoms with Crippen molar-refractivity contribution in [2.24, 2.45) is 0 Å². The normalized spacial score (nSPS) is 11.9. The second-order valence-electron chi connectivity index (χ2n) is 7.53. The van der Waals surface area contributed by atoms with E-state index in [9.17, 15) is 4.79 Å². The summed E-state index contributed by atoms with van der Waals surface area (Å²) in [7, 11) is 5.61. The summed E-state index contributed by atoms with van der Waals surface area (Å²) in [6.07, 6.45) is 0.644. The molecule has 170 valence electrons. The van der Waals surface area contributed by atoms with Gasteiger partial charge >= 0.3 is 0 Å². The van der Waals surface area contributed by atoms with Crippen molar-refractivity contribution in [3.63, 3.8) is 0 Å². The molecule has 1 aromatic heterocycles. The second-order valence-corrected chi connectivity index (χ2v) is 7.53. The third-order valence-electron chi connectivity index (χ3n) is 5.05. The summed E-state index contributed by atoms with van der Waals surface area (Å²) >= 11 is 0. The molecule has 0 spiro atoms. The van der Waals surface area contributed by atoms with Crippen LogP contribution in [0.1, 0.15) is 30.8 Å². The number of amides is 1. The number of carbonyl (C=O) groups excluding carboxylic acids is 1. The molecule has 0 aliphatic heterocycles. The minimum atomic E-state index is -0.0689. The highest BCUT2D eigenvalue weighted by Crippen LogP contribution is 2.22. The largest absolute Gasteiger partial charge is 0.497 e. The number of hydrogen-bond donors (Lipinski definition) is 1. The number of benzene rings is 2. The van der Waals surface area contributed by atoms with Crippen LogP contribution in [0.4, 0.5) is 0 Å². The van der Waals surface area contributed by atoms with Gasteiger partial charge in [0, 0.05) is 24.9 Å². The summed E-state index contributed by atoms with van der Waals surface area (Å²) in [5.41, 5.74) is 1.91. The van der Waals surface area contributed by atoms with Gasteiger partial charge < -0.3 is 24.2 Å². The number of methoxy groups -OCH3 is 1. The topological polar surface area (TPSA) is 89.7 Å². The molecule has 3 rings (SSSR count). The molecule has 0 radical (unpaired) electrons. The molecule has 3 aromatic rings. The summed E-state index contributed by atoms with van der Waals surface area (Å²) in [4.78, 5) is 18.9. The van der Waals surface area contributed by atoms with Crippen LogP contribution in [0.5, 0.6) is 11.5 Å². The second kappa shape index (κ2) is 11.3. The van der Waals surface area contributed by atoms with Crippen LogP contribution < -0.4 is 14.8 Å². The van der Waals surface area contributed by atoms with Crippen LogP contribution in [0.2, 0.25) is 0 Å². The van der Waals surface area contributed by atoms with Crippen LogP contribution >= 0.6 is 0 Å². The van der Waals surface area contributed by atoms with Crippen LogP contribution in [0, 0.1) is 0 Å². The van der Waals surface area contributed by atoms with Gasteiger partial charge in [-0.1, -0.05) is 17.3 Å². The Morgan fingerprint density at radius 2 is 1.94 bits per heavy atom. The Bertz CT molecular complexity index is 1000. The number of nitrogens with one attached hydrogen (secondary N) is 1. The number of nitrogens with zero attached hydrogens (tertiary/aromatic N) is 3. The average Bonchev–Trinajstić information content (AvgIpc) is 3.27. The maximum Gasteiger partial charge on any atom is 0.227 e. The van der Waals surface area contributed by atoms with Crippen molar-refractivity contribution < 1.29 is 18.8 Å². The third-order valence-corrected chi connectivity index (χ3v) is 5.05. The minimum absolute atomic E-state index is 0.0312. The van der Waals surface area contributed by atoms with Gasteiger partial charge in [-0.05, 0) is 63.0 Å². The molecule has 0 bridgehead atoms. The molecule has 1 unspecified atom stereocenters. The quantitative estimate of drug-likeness (QED) is 0.490. The van der Waals surface area contributed by atoms with E-state index in [0.29, 0.717) is 31.3 Å². The van der Waals surface area contributed by atoms with E-state index in [2.05, 4.69) is 20.4 Å². The summed E-state index contributed by atoms with van der Waals surface area (Å²) in [5.74, 6) is 2.44. The van der Waals surface area contributed by atoms with Crippen LogP contribution in [0.25, 0.3) is 11.4 Å². The zero-order valence-corrected chi connectivity index (χ0v) is 19.0. The summed E-state index contributed by atoms with van der Waals surface area (Å²) in [6, 6.07) is 15.4. The summed E-state index contributed by atoms with van der Waals surface area (Å²) in [5, 5.41) is 7.02. The Morgan fingerprint density at radius 3 is 2.62 bits per heavy atom. The van der Waals surface area contributed by atoms with E-state index in [1.54, 1.807) is 7.11 Å². The smallest absolute Gasteiger partial charge is 0.227 e. The molecule has 32 heavy (non-hydrogen) atoms. The van der Waals surface area contributed by atoms with Crippen molar-refractivity contribution in [3.05, 3.63) is 60.0 Å². The first-order chi connectivity index (χ1) is 15.5. The zero-order valence-electron chi connectivity index (χ0n) is 19.0. The van der Waals surface area contributed by atoms with Gasteiger partial charge in [-0.2, -0.15) is 4.98 Å². The van der Waals surface area contributed by atoms with Gasteiger partial charge in [0.2, 0.25) is 17.6 Å². The van der Waals surface area contributed by atoms with E-state index in [1.165, 1.54) is 0 Å². The molecule has 8 heteroatoms. The molecule has 0 saturated heterocycles. The molecule has 2 aromatic carbocycles. The van der Waals surface area contributed by atoms with E-state index in [0.717, 1.165) is 22.6 Å².